The second-order valence-corrected chi connectivity index (χ2v) is 8.40. The van der Waals surface area contributed by atoms with Crippen LogP contribution in [0.25, 0.3) is 0 Å². The molecule has 154 valence electrons. The van der Waals surface area contributed by atoms with Gasteiger partial charge < -0.3 is 10.1 Å². The zero-order chi connectivity index (χ0) is 21.3. The van der Waals surface area contributed by atoms with E-state index in [0.717, 1.165) is 16.4 Å². The normalized spacial score (nSPS) is 15.8. The van der Waals surface area contributed by atoms with Crippen molar-refractivity contribution in [3.8, 4) is 5.75 Å². The Morgan fingerprint density at radius 3 is 2.43 bits per heavy atom. The lowest BCUT2D eigenvalue weighted by Gasteiger charge is -2.34. The highest BCUT2D eigenvalue weighted by molar-refractivity contribution is 7.92. The average Bonchev–Trinajstić information content (AvgIpc) is 2.75. The highest BCUT2D eigenvalue weighted by Gasteiger charge is 2.37. The zero-order valence-corrected chi connectivity index (χ0v) is 16.3. The van der Waals surface area contributed by atoms with Gasteiger partial charge in [0.15, 0.2) is 6.10 Å². The number of anilines is 2. The van der Waals surface area contributed by atoms with E-state index in [1.54, 1.807) is 42.5 Å². The first kappa shape index (κ1) is 19.8. The van der Waals surface area contributed by atoms with Gasteiger partial charge in [-0.3, -0.25) is 9.10 Å². The van der Waals surface area contributed by atoms with Crippen molar-refractivity contribution in [1.29, 1.82) is 0 Å². The fourth-order valence-corrected chi connectivity index (χ4v) is 4.59. The third kappa shape index (κ3) is 3.71. The Bertz CT molecular complexity index is 1200. The van der Waals surface area contributed by atoms with Crippen LogP contribution in [0.1, 0.15) is 0 Å². The van der Waals surface area contributed by atoms with Crippen molar-refractivity contribution >= 4 is 27.3 Å². The molecule has 0 fully saturated rings. The summed E-state index contributed by atoms with van der Waals surface area (Å²) < 4.78 is 60.2. The lowest BCUT2D eigenvalue weighted by atomic mass is 10.2. The number of benzene rings is 3. The van der Waals surface area contributed by atoms with Crippen LogP contribution in [0.5, 0.6) is 5.75 Å². The Labute approximate surface area is 171 Å². The van der Waals surface area contributed by atoms with E-state index in [1.807, 2.05) is 0 Å². The molecule has 9 heteroatoms. The second kappa shape index (κ2) is 7.75. The Kier molecular flexibility index (Phi) is 5.13. The molecule has 3 aromatic carbocycles. The number of nitrogens with one attached hydrogen (secondary N) is 1. The molecule has 0 aliphatic carbocycles. The molecule has 1 amide bonds. The molecule has 6 nitrogen and oxygen atoms in total. The summed E-state index contributed by atoms with van der Waals surface area (Å²) in [5, 5.41) is 2.32. The number of halogens is 2. The quantitative estimate of drug-likeness (QED) is 0.687. The molecule has 1 aliphatic rings. The van der Waals surface area contributed by atoms with Crippen LogP contribution >= 0.6 is 0 Å². The van der Waals surface area contributed by atoms with E-state index < -0.39 is 33.7 Å². The molecular formula is C21H16F2N2O4S. The minimum Gasteiger partial charge on any atom is -0.476 e. The van der Waals surface area contributed by atoms with Crippen molar-refractivity contribution in [1.82, 2.24) is 0 Å². The molecule has 1 atom stereocenters. The molecule has 3 aromatic rings. The van der Waals surface area contributed by atoms with Crippen LogP contribution in [-0.4, -0.2) is 27.0 Å². The number of para-hydroxylation sites is 2. The predicted molar refractivity (Wildman–Crippen MR) is 107 cm³/mol. The van der Waals surface area contributed by atoms with Crippen molar-refractivity contribution in [2.24, 2.45) is 0 Å². The van der Waals surface area contributed by atoms with Crippen molar-refractivity contribution < 1.29 is 26.7 Å². The smallest absolute Gasteiger partial charge is 0.267 e. The number of sulfonamides is 1. The van der Waals surface area contributed by atoms with E-state index in [4.69, 9.17) is 4.74 Å². The van der Waals surface area contributed by atoms with Gasteiger partial charge in [0.2, 0.25) is 0 Å². The van der Waals surface area contributed by atoms with Crippen LogP contribution in [0.3, 0.4) is 0 Å². The van der Waals surface area contributed by atoms with Crippen LogP contribution in [0.2, 0.25) is 0 Å². The second-order valence-electron chi connectivity index (χ2n) is 6.54. The number of nitrogens with zero attached hydrogens (tertiary/aromatic N) is 1. The molecule has 0 spiro atoms. The highest BCUT2D eigenvalue weighted by atomic mass is 32.2. The summed E-state index contributed by atoms with van der Waals surface area (Å²) in [4.78, 5) is 12.8. The molecule has 0 unspecified atom stereocenters. The number of fused-ring (bicyclic) bond motifs is 1. The molecule has 0 saturated heterocycles. The summed E-state index contributed by atoms with van der Waals surface area (Å²) in [6.45, 7) is -0.317. The van der Waals surface area contributed by atoms with E-state index in [1.165, 1.54) is 12.1 Å². The number of carbonyl (C=O) groups excluding carboxylic acids is 1. The third-order valence-corrected chi connectivity index (χ3v) is 6.34. The summed E-state index contributed by atoms with van der Waals surface area (Å²) in [5.74, 6) is -2.30. The zero-order valence-electron chi connectivity index (χ0n) is 15.5. The maximum Gasteiger partial charge on any atom is 0.267 e. The van der Waals surface area contributed by atoms with Crippen molar-refractivity contribution in [3.63, 3.8) is 0 Å². The number of rotatable bonds is 4. The molecule has 0 bridgehead atoms. The Morgan fingerprint density at radius 1 is 1.00 bits per heavy atom. The van der Waals surface area contributed by atoms with Gasteiger partial charge in [0, 0.05) is 6.07 Å². The lowest BCUT2D eigenvalue weighted by molar-refractivity contribution is -0.122. The Balaban J connectivity index is 1.67. The third-order valence-electron chi connectivity index (χ3n) is 4.55. The van der Waals surface area contributed by atoms with Crippen LogP contribution in [0.15, 0.2) is 77.7 Å². The van der Waals surface area contributed by atoms with Crippen LogP contribution < -0.4 is 14.4 Å². The first-order valence-corrected chi connectivity index (χ1v) is 10.4. The van der Waals surface area contributed by atoms with Gasteiger partial charge in [-0.25, -0.2) is 17.2 Å². The summed E-state index contributed by atoms with van der Waals surface area (Å²) >= 11 is 0. The lowest BCUT2D eigenvalue weighted by Crippen LogP contribution is -2.48. The van der Waals surface area contributed by atoms with E-state index in [0.29, 0.717) is 11.8 Å². The monoisotopic (exact) mass is 430 g/mol. The summed E-state index contributed by atoms with van der Waals surface area (Å²) in [6, 6.07) is 16.9. The van der Waals surface area contributed by atoms with E-state index in [9.17, 15) is 22.0 Å². The standard InChI is InChI=1S/C21H16F2N2O4S/c22-14-10-11-17(16(23)12-14)24-21(26)20-13-25(18-8-4-5-9-19(18)29-20)30(27,28)15-6-2-1-3-7-15/h1-12,20H,13H2,(H,24,26)/t20-/m1/s1. The molecule has 0 saturated carbocycles. The van der Waals surface area contributed by atoms with E-state index in [-0.39, 0.29) is 22.9 Å². The maximum atomic E-state index is 13.9. The molecule has 0 aromatic heterocycles. The van der Waals surface area contributed by atoms with Gasteiger partial charge in [-0.05, 0) is 36.4 Å². The average molecular weight is 430 g/mol. The maximum absolute atomic E-state index is 13.9. The molecule has 1 N–H and O–H groups in total. The van der Waals surface area contributed by atoms with Gasteiger partial charge in [-0.15, -0.1) is 0 Å². The Morgan fingerprint density at radius 2 is 1.70 bits per heavy atom. The number of hydrogen-bond donors (Lipinski definition) is 1. The molecule has 4 rings (SSSR count). The highest BCUT2D eigenvalue weighted by Crippen LogP contribution is 2.37. The largest absolute Gasteiger partial charge is 0.476 e. The van der Waals surface area contributed by atoms with Gasteiger partial charge >= 0.3 is 0 Å². The number of amides is 1. The topological polar surface area (TPSA) is 75.7 Å². The van der Waals surface area contributed by atoms with Crippen molar-refractivity contribution in [2.75, 3.05) is 16.2 Å². The first-order chi connectivity index (χ1) is 14.4. The van der Waals surface area contributed by atoms with Crippen LogP contribution in [0, 0.1) is 11.6 Å². The van der Waals surface area contributed by atoms with E-state index >= 15 is 0 Å². The predicted octanol–water partition coefficient (Wildman–Crippen LogP) is 3.56. The first-order valence-electron chi connectivity index (χ1n) is 8.95. The van der Waals surface area contributed by atoms with Crippen molar-refractivity contribution in [2.45, 2.75) is 11.0 Å². The minimum absolute atomic E-state index is 0.0606. The van der Waals surface area contributed by atoms with Crippen LogP contribution in [-0.2, 0) is 14.8 Å². The van der Waals surface area contributed by atoms with Gasteiger partial charge in [0.1, 0.15) is 17.4 Å². The minimum atomic E-state index is -3.98. The summed E-state index contributed by atoms with van der Waals surface area (Å²) in [6.07, 6.45) is -1.25. The fraction of sp³-hybridized carbons (Fsp3) is 0.0952. The van der Waals surface area contributed by atoms with Crippen LogP contribution in [0.4, 0.5) is 20.2 Å². The molecular weight excluding hydrogens is 414 g/mol. The van der Waals surface area contributed by atoms with E-state index in [2.05, 4.69) is 5.32 Å². The molecule has 1 heterocycles. The number of hydrogen-bond acceptors (Lipinski definition) is 4. The molecule has 30 heavy (non-hydrogen) atoms. The SMILES string of the molecule is O=C(Nc1ccc(F)cc1F)[C@H]1CN(S(=O)(=O)c2ccccc2)c2ccccc2O1. The van der Waals surface area contributed by atoms with Gasteiger partial charge in [-0.2, -0.15) is 0 Å². The van der Waals surface area contributed by atoms with Crippen molar-refractivity contribution in [3.05, 3.63) is 84.4 Å². The summed E-state index contributed by atoms with van der Waals surface area (Å²) in [5.41, 5.74) is 0.0553. The Hall–Kier alpha value is -3.46. The van der Waals surface area contributed by atoms with Gasteiger partial charge in [0.05, 0.1) is 22.8 Å². The number of ether oxygens (including phenoxy) is 1. The summed E-state index contributed by atoms with van der Waals surface area (Å²) in [7, 11) is -3.98. The van der Waals surface area contributed by atoms with Gasteiger partial charge in [0.25, 0.3) is 15.9 Å². The van der Waals surface area contributed by atoms with Gasteiger partial charge in [-0.1, -0.05) is 30.3 Å². The number of carbonyl (C=O) groups is 1. The fourth-order valence-electron chi connectivity index (χ4n) is 3.09. The molecule has 0 radical (unpaired) electrons. The molecule has 1 aliphatic heterocycles.